The summed E-state index contributed by atoms with van der Waals surface area (Å²) in [6, 6.07) is 8.94. The first-order valence-electron chi connectivity index (χ1n) is 5.70. The molecule has 0 aliphatic rings. The fraction of sp³-hybridized carbons (Fsp3) is 0.538. The summed E-state index contributed by atoms with van der Waals surface area (Å²) in [4.78, 5) is 0. The zero-order valence-electron chi connectivity index (χ0n) is 9.70. The zero-order valence-corrected chi connectivity index (χ0v) is 10.5. The summed E-state index contributed by atoms with van der Waals surface area (Å²) in [6.45, 7) is 4.37. The molecule has 2 heteroatoms. The molecule has 15 heavy (non-hydrogen) atoms. The lowest BCUT2D eigenvalue weighted by Gasteiger charge is -2.11. The van der Waals surface area contributed by atoms with Gasteiger partial charge in [-0.25, -0.2) is 0 Å². The third kappa shape index (κ3) is 4.27. The van der Waals surface area contributed by atoms with Gasteiger partial charge in [0.2, 0.25) is 0 Å². The number of rotatable bonds is 6. The normalized spacial score (nSPS) is 12.7. The van der Waals surface area contributed by atoms with Crippen molar-refractivity contribution in [3.05, 3.63) is 35.4 Å². The van der Waals surface area contributed by atoms with Crippen LogP contribution in [0.2, 0.25) is 0 Å². The van der Waals surface area contributed by atoms with Crippen LogP contribution >= 0.6 is 11.8 Å². The second-order valence-corrected chi connectivity index (χ2v) is 5.08. The lowest BCUT2D eigenvalue weighted by Crippen LogP contribution is -2.13. The van der Waals surface area contributed by atoms with Crippen LogP contribution in [0, 0.1) is 0 Å². The Morgan fingerprint density at radius 1 is 1.20 bits per heavy atom. The van der Waals surface area contributed by atoms with E-state index in [4.69, 9.17) is 5.73 Å². The van der Waals surface area contributed by atoms with Crippen molar-refractivity contribution in [2.24, 2.45) is 5.73 Å². The molecule has 1 nitrogen and oxygen atoms in total. The van der Waals surface area contributed by atoms with Crippen molar-refractivity contribution < 1.29 is 0 Å². The molecule has 0 spiro atoms. The molecule has 0 saturated heterocycles. The summed E-state index contributed by atoms with van der Waals surface area (Å²) < 4.78 is 0. The average molecular weight is 223 g/mol. The summed E-state index contributed by atoms with van der Waals surface area (Å²) in [5, 5.41) is 0. The molecule has 0 bridgehead atoms. The van der Waals surface area contributed by atoms with Gasteiger partial charge in [-0.15, -0.1) is 0 Å². The van der Waals surface area contributed by atoms with Crippen molar-refractivity contribution in [1.29, 1.82) is 0 Å². The molecule has 0 amide bonds. The topological polar surface area (TPSA) is 26.0 Å². The number of benzene rings is 1. The Balaban J connectivity index is 2.54. The van der Waals surface area contributed by atoms with Crippen LogP contribution < -0.4 is 5.73 Å². The summed E-state index contributed by atoms with van der Waals surface area (Å²) in [5.74, 6) is 2.16. The maximum absolute atomic E-state index is 6.08. The third-order valence-corrected chi connectivity index (χ3v) is 3.45. The van der Waals surface area contributed by atoms with E-state index in [9.17, 15) is 0 Å². The van der Waals surface area contributed by atoms with Crippen LogP contribution in [-0.2, 0) is 6.42 Å². The van der Waals surface area contributed by atoms with Crippen molar-refractivity contribution in [3.8, 4) is 0 Å². The number of hydrogen-bond acceptors (Lipinski definition) is 2. The van der Waals surface area contributed by atoms with Gasteiger partial charge in [0, 0.05) is 11.8 Å². The SMILES string of the molecule is CCCc1ccc(C(N)CSCC)cc1. The molecular formula is C13H21NS. The third-order valence-electron chi connectivity index (χ3n) is 2.45. The van der Waals surface area contributed by atoms with Crippen LogP contribution in [0.4, 0.5) is 0 Å². The number of thioether (sulfide) groups is 1. The summed E-state index contributed by atoms with van der Waals surface area (Å²) in [6.07, 6.45) is 2.37. The van der Waals surface area contributed by atoms with Crippen LogP contribution in [0.3, 0.4) is 0 Å². The molecule has 84 valence electrons. The first-order valence-corrected chi connectivity index (χ1v) is 6.85. The number of hydrogen-bond donors (Lipinski definition) is 1. The Bertz CT molecular complexity index is 268. The highest BCUT2D eigenvalue weighted by atomic mass is 32.2. The van der Waals surface area contributed by atoms with Gasteiger partial charge in [0.05, 0.1) is 0 Å². The highest BCUT2D eigenvalue weighted by molar-refractivity contribution is 7.99. The minimum Gasteiger partial charge on any atom is -0.323 e. The van der Waals surface area contributed by atoms with Crippen molar-refractivity contribution in [2.45, 2.75) is 32.7 Å². The van der Waals surface area contributed by atoms with Gasteiger partial charge in [0.25, 0.3) is 0 Å². The molecule has 1 aromatic rings. The first-order chi connectivity index (χ1) is 7.27. The number of aryl methyl sites for hydroxylation is 1. The molecule has 0 saturated carbocycles. The minimum absolute atomic E-state index is 0.186. The molecule has 0 heterocycles. The molecule has 0 radical (unpaired) electrons. The smallest absolute Gasteiger partial charge is 0.0386 e. The van der Waals surface area contributed by atoms with Gasteiger partial charge >= 0.3 is 0 Å². The van der Waals surface area contributed by atoms with Crippen LogP contribution in [0.1, 0.15) is 37.4 Å². The van der Waals surface area contributed by atoms with Crippen LogP contribution in [-0.4, -0.2) is 11.5 Å². The molecular weight excluding hydrogens is 202 g/mol. The standard InChI is InChI=1S/C13H21NS/c1-3-5-11-6-8-12(9-7-11)13(14)10-15-4-2/h6-9,13H,3-5,10,14H2,1-2H3. The maximum Gasteiger partial charge on any atom is 0.0386 e. The molecule has 0 aliphatic heterocycles. The van der Waals surface area contributed by atoms with E-state index >= 15 is 0 Å². The molecule has 0 aromatic heterocycles. The lowest BCUT2D eigenvalue weighted by atomic mass is 10.0. The van der Waals surface area contributed by atoms with Gasteiger partial charge in [0.15, 0.2) is 0 Å². The van der Waals surface area contributed by atoms with Crippen LogP contribution in [0.15, 0.2) is 24.3 Å². The Hall–Kier alpha value is -0.470. The number of nitrogens with two attached hydrogens (primary N) is 1. The van der Waals surface area contributed by atoms with Crippen LogP contribution in [0.5, 0.6) is 0 Å². The van der Waals surface area contributed by atoms with E-state index < -0.39 is 0 Å². The quantitative estimate of drug-likeness (QED) is 0.800. The van der Waals surface area contributed by atoms with Gasteiger partial charge < -0.3 is 5.73 Å². The Morgan fingerprint density at radius 2 is 1.87 bits per heavy atom. The van der Waals surface area contributed by atoms with Gasteiger partial charge in [-0.3, -0.25) is 0 Å². The van der Waals surface area contributed by atoms with E-state index in [1.165, 1.54) is 24.0 Å². The molecule has 2 N–H and O–H groups in total. The second kappa shape index (κ2) is 6.91. The van der Waals surface area contributed by atoms with Gasteiger partial charge in [-0.1, -0.05) is 44.5 Å². The largest absolute Gasteiger partial charge is 0.323 e. The predicted molar refractivity (Wildman–Crippen MR) is 70.4 cm³/mol. The molecule has 0 fully saturated rings. The van der Waals surface area contributed by atoms with E-state index in [1.807, 2.05) is 11.8 Å². The fourth-order valence-electron chi connectivity index (χ4n) is 1.56. The van der Waals surface area contributed by atoms with Gasteiger partial charge in [-0.05, 0) is 23.3 Å². The highest BCUT2D eigenvalue weighted by Gasteiger charge is 2.04. The molecule has 1 rings (SSSR count). The minimum atomic E-state index is 0.186. The van der Waals surface area contributed by atoms with Crippen LogP contribution in [0.25, 0.3) is 0 Å². The zero-order chi connectivity index (χ0) is 11.1. The fourth-order valence-corrected chi connectivity index (χ4v) is 2.24. The van der Waals surface area contributed by atoms with E-state index in [1.54, 1.807) is 0 Å². The monoisotopic (exact) mass is 223 g/mol. The van der Waals surface area contributed by atoms with Gasteiger partial charge in [-0.2, -0.15) is 11.8 Å². The van der Waals surface area contributed by atoms with E-state index in [2.05, 4.69) is 38.1 Å². The Labute approximate surface area is 97.4 Å². The van der Waals surface area contributed by atoms with E-state index in [0.717, 1.165) is 11.5 Å². The van der Waals surface area contributed by atoms with Crippen molar-refractivity contribution in [2.75, 3.05) is 11.5 Å². The molecule has 1 unspecified atom stereocenters. The molecule has 1 atom stereocenters. The van der Waals surface area contributed by atoms with Crippen molar-refractivity contribution >= 4 is 11.8 Å². The molecule has 1 aromatic carbocycles. The lowest BCUT2D eigenvalue weighted by molar-refractivity contribution is 0.828. The first kappa shape index (κ1) is 12.6. The Morgan fingerprint density at radius 3 is 2.40 bits per heavy atom. The average Bonchev–Trinajstić information content (AvgIpc) is 2.27. The summed E-state index contributed by atoms with van der Waals surface area (Å²) in [5.41, 5.74) is 8.76. The van der Waals surface area contributed by atoms with Gasteiger partial charge in [0.1, 0.15) is 0 Å². The second-order valence-electron chi connectivity index (χ2n) is 3.76. The molecule has 0 aliphatic carbocycles. The summed E-state index contributed by atoms with van der Waals surface area (Å²) >= 11 is 1.90. The van der Waals surface area contributed by atoms with E-state index in [0.29, 0.717) is 0 Å². The van der Waals surface area contributed by atoms with Crippen molar-refractivity contribution in [3.63, 3.8) is 0 Å². The Kier molecular flexibility index (Phi) is 5.81. The predicted octanol–water partition coefficient (Wildman–Crippen LogP) is 3.39. The summed E-state index contributed by atoms with van der Waals surface area (Å²) in [7, 11) is 0. The maximum atomic E-state index is 6.08. The van der Waals surface area contributed by atoms with E-state index in [-0.39, 0.29) is 6.04 Å². The highest BCUT2D eigenvalue weighted by Crippen LogP contribution is 2.16. The van der Waals surface area contributed by atoms with Crippen molar-refractivity contribution in [1.82, 2.24) is 0 Å².